The molecule has 0 aromatic carbocycles. The highest BCUT2D eigenvalue weighted by Crippen LogP contribution is 2.34. The molecule has 0 saturated heterocycles. The number of carboxylic acids is 1. The Hall–Kier alpha value is -2.05. The third-order valence-corrected chi connectivity index (χ3v) is 5.37. The number of aromatic nitrogens is 1. The van der Waals surface area contributed by atoms with Gasteiger partial charge in [-0.2, -0.15) is 0 Å². The van der Waals surface area contributed by atoms with E-state index in [1.54, 1.807) is 6.08 Å². The Balaban J connectivity index is 1.94. The van der Waals surface area contributed by atoms with Crippen LogP contribution in [-0.2, 0) is 16.0 Å². The number of hydrogen-bond donors (Lipinski definition) is 2. The van der Waals surface area contributed by atoms with Gasteiger partial charge < -0.3 is 10.2 Å². The molecule has 5 nitrogen and oxygen atoms in total. The molecule has 0 spiro atoms. The first-order valence-corrected chi connectivity index (χ1v) is 10.3. The average molecular weight is 390 g/mol. The number of allylic oxidation sites excluding steroid dienone is 4. The molecule has 0 radical (unpaired) electrons. The Labute approximate surface area is 164 Å². The molecule has 2 atom stereocenters. The van der Waals surface area contributed by atoms with E-state index < -0.39 is 12.1 Å². The van der Waals surface area contributed by atoms with Gasteiger partial charge in [0.25, 0.3) is 0 Å². The Morgan fingerprint density at radius 2 is 2.15 bits per heavy atom. The standard InChI is InChI=1S/C21H27NO4S/c1-2-3-4-8-16(23)10-11-17-18(12-13-19(17)24)21-22-15(14-27-21)7-5-6-9-20(25)26/h3-4,11-14,16,18,23H,2,5-10H2,1H3,(H,25,26)/b4-3-,17-11+/t16-,18-/m0/s1. The van der Waals surface area contributed by atoms with Crippen molar-refractivity contribution in [1.29, 1.82) is 0 Å². The van der Waals surface area contributed by atoms with E-state index in [-0.39, 0.29) is 18.1 Å². The normalized spacial score (nSPS) is 19.4. The molecule has 146 valence electrons. The summed E-state index contributed by atoms with van der Waals surface area (Å²) in [6, 6.07) is 0. The van der Waals surface area contributed by atoms with Gasteiger partial charge in [-0.3, -0.25) is 9.59 Å². The molecule has 0 fully saturated rings. The van der Waals surface area contributed by atoms with Crippen molar-refractivity contribution >= 4 is 23.1 Å². The van der Waals surface area contributed by atoms with Crippen molar-refractivity contribution in [3.05, 3.63) is 52.0 Å². The second-order valence-corrected chi connectivity index (χ2v) is 7.53. The van der Waals surface area contributed by atoms with Crippen molar-refractivity contribution in [2.75, 3.05) is 0 Å². The zero-order valence-electron chi connectivity index (χ0n) is 15.6. The van der Waals surface area contributed by atoms with Crippen molar-refractivity contribution in [2.45, 2.75) is 63.9 Å². The maximum absolute atomic E-state index is 12.2. The summed E-state index contributed by atoms with van der Waals surface area (Å²) in [6.45, 7) is 2.05. The predicted molar refractivity (Wildman–Crippen MR) is 107 cm³/mol. The summed E-state index contributed by atoms with van der Waals surface area (Å²) in [6.07, 6.45) is 13.1. The lowest BCUT2D eigenvalue weighted by Gasteiger charge is -2.09. The molecule has 2 N–H and O–H groups in total. The SMILES string of the molecule is CC/C=C\C[C@H](O)C/C=C1/C(=O)C=C[C@@H]1c1nc(CCCCC(=O)O)cs1. The number of aliphatic hydroxyl groups excluding tert-OH is 1. The molecule has 27 heavy (non-hydrogen) atoms. The first kappa shape index (κ1) is 21.3. The summed E-state index contributed by atoms with van der Waals surface area (Å²) in [7, 11) is 0. The van der Waals surface area contributed by atoms with E-state index in [1.165, 1.54) is 11.3 Å². The smallest absolute Gasteiger partial charge is 0.303 e. The number of ketones is 1. The number of aryl methyl sites for hydroxylation is 1. The first-order chi connectivity index (χ1) is 13.0. The maximum atomic E-state index is 12.2. The van der Waals surface area contributed by atoms with Crippen LogP contribution in [-0.4, -0.2) is 33.1 Å². The molecule has 1 aromatic rings. The van der Waals surface area contributed by atoms with Gasteiger partial charge in [0.15, 0.2) is 5.78 Å². The number of carbonyl (C=O) groups excluding carboxylic acids is 1. The van der Waals surface area contributed by atoms with Gasteiger partial charge in [-0.25, -0.2) is 4.98 Å². The molecule has 0 saturated carbocycles. The fourth-order valence-electron chi connectivity index (χ4n) is 2.92. The van der Waals surface area contributed by atoms with Crippen LogP contribution < -0.4 is 0 Å². The number of unbranched alkanes of at least 4 members (excludes halogenated alkanes) is 1. The quantitative estimate of drug-likeness (QED) is 0.336. The minimum atomic E-state index is -0.772. The highest BCUT2D eigenvalue weighted by Gasteiger charge is 2.27. The number of nitrogens with zero attached hydrogens (tertiary/aromatic N) is 1. The molecule has 0 amide bonds. The van der Waals surface area contributed by atoms with Crippen LogP contribution in [0.5, 0.6) is 0 Å². The van der Waals surface area contributed by atoms with Gasteiger partial charge in [-0.1, -0.05) is 31.2 Å². The Morgan fingerprint density at radius 3 is 2.89 bits per heavy atom. The number of aliphatic hydroxyl groups is 1. The van der Waals surface area contributed by atoms with Crippen molar-refractivity contribution in [1.82, 2.24) is 4.98 Å². The summed E-state index contributed by atoms with van der Waals surface area (Å²) in [4.78, 5) is 27.4. The van der Waals surface area contributed by atoms with Gasteiger partial charge in [0.05, 0.1) is 17.7 Å². The van der Waals surface area contributed by atoms with Gasteiger partial charge in [-0.05, 0) is 44.6 Å². The minimum absolute atomic E-state index is 0.0190. The van der Waals surface area contributed by atoms with E-state index in [1.807, 2.05) is 36.6 Å². The minimum Gasteiger partial charge on any atom is -0.481 e. The van der Waals surface area contributed by atoms with Crippen LogP contribution in [0.4, 0.5) is 0 Å². The van der Waals surface area contributed by atoms with Gasteiger partial charge in [0.2, 0.25) is 0 Å². The molecular weight excluding hydrogens is 362 g/mol. The van der Waals surface area contributed by atoms with Gasteiger partial charge in [-0.15, -0.1) is 11.3 Å². The number of carbonyl (C=O) groups is 2. The summed E-state index contributed by atoms with van der Waals surface area (Å²) in [5.74, 6) is -0.936. The van der Waals surface area contributed by atoms with Gasteiger partial charge >= 0.3 is 5.97 Å². The third-order valence-electron chi connectivity index (χ3n) is 4.39. The van der Waals surface area contributed by atoms with E-state index in [0.29, 0.717) is 24.8 Å². The Kier molecular flexibility index (Phi) is 8.61. The lowest BCUT2D eigenvalue weighted by Crippen LogP contribution is -2.07. The lowest BCUT2D eigenvalue weighted by atomic mass is 10.00. The van der Waals surface area contributed by atoms with Crippen LogP contribution in [0.1, 0.15) is 62.1 Å². The average Bonchev–Trinajstić information content (AvgIpc) is 3.23. The molecule has 1 aliphatic carbocycles. The van der Waals surface area contributed by atoms with E-state index in [0.717, 1.165) is 30.0 Å². The van der Waals surface area contributed by atoms with E-state index >= 15 is 0 Å². The van der Waals surface area contributed by atoms with Crippen LogP contribution in [0.15, 0.2) is 41.3 Å². The molecule has 6 heteroatoms. The number of aliphatic carboxylic acids is 1. The number of rotatable bonds is 11. The van der Waals surface area contributed by atoms with Crippen molar-refractivity contribution in [3.8, 4) is 0 Å². The zero-order chi connectivity index (χ0) is 19.6. The topological polar surface area (TPSA) is 87.5 Å². The molecule has 0 aliphatic heterocycles. The largest absolute Gasteiger partial charge is 0.481 e. The van der Waals surface area contributed by atoms with Crippen molar-refractivity contribution < 1.29 is 19.8 Å². The van der Waals surface area contributed by atoms with Crippen molar-refractivity contribution in [3.63, 3.8) is 0 Å². The molecule has 1 aliphatic rings. The van der Waals surface area contributed by atoms with E-state index in [2.05, 4.69) is 4.98 Å². The fraction of sp³-hybridized carbons (Fsp3) is 0.476. The molecule has 1 heterocycles. The monoisotopic (exact) mass is 389 g/mol. The molecular formula is C21H27NO4S. The van der Waals surface area contributed by atoms with Crippen LogP contribution in [0.25, 0.3) is 0 Å². The van der Waals surface area contributed by atoms with Crippen molar-refractivity contribution in [2.24, 2.45) is 0 Å². The third kappa shape index (κ3) is 6.88. The predicted octanol–water partition coefficient (Wildman–Crippen LogP) is 4.20. The highest BCUT2D eigenvalue weighted by atomic mass is 32.1. The Bertz CT molecular complexity index is 732. The van der Waals surface area contributed by atoms with Crippen LogP contribution >= 0.6 is 11.3 Å². The highest BCUT2D eigenvalue weighted by molar-refractivity contribution is 7.09. The van der Waals surface area contributed by atoms with E-state index in [4.69, 9.17) is 5.11 Å². The summed E-state index contributed by atoms with van der Waals surface area (Å²) in [5, 5.41) is 21.6. The van der Waals surface area contributed by atoms with Gasteiger partial charge in [0, 0.05) is 17.4 Å². The van der Waals surface area contributed by atoms with Gasteiger partial charge in [0.1, 0.15) is 5.01 Å². The molecule has 2 rings (SSSR count). The molecule has 1 aromatic heterocycles. The summed E-state index contributed by atoms with van der Waals surface area (Å²) < 4.78 is 0. The fourth-order valence-corrected chi connectivity index (χ4v) is 3.87. The lowest BCUT2D eigenvalue weighted by molar-refractivity contribution is -0.137. The molecule has 0 unspecified atom stereocenters. The maximum Gasteiger partial charge on any atom is 0.303 e. The van der Waals surface area contributed by atoms with E-state index in [9.17, 15) is 14.7 Å². The Morgan fingerprint density at radius 1 is 1.33 bits per heavy atom. The van der Waals surface area contributed by atoms with Crippen LogP contribution in [0.2, 0.25) is 0 Å². The second-order valence-electron chi connectivity index (χ2n) is 6.64. The number of hydrogen-bond acceptors (Lipinski definition) is 5. The van der Waals surface area contributed by atoms with Crippen LogP contribution in [0.3, 0.4) is 0 Å². The number of carboxylic acid groups (broad SMARTS) is 1. The van der Waals surface area contributed by atoms with Crippen LogP contribution in [0, 0.1) is 0 Å². The first-order valence-electron chi connectivity index (χ1n) is 9.43. The summed E-state index contributed by atoms with van der Waals surface area (Å²) >= 11 is 1.52. The second kappa shape index (κ2) is 10.9. The zero-order valence-corrected chi connectivity index (χ0v) is 16.5. The number of thiazole rings is 1. The molecule has 0 bridgehead atoms. The summed E-state index contributed by atoms with van der Waals surface area (Å²) in [5.41, 5.74) is 1.62.